The Morgan fingerprint density at radius 1 is 1.19 bits per heavy atom. The van der Waals surface area contributed by atoms with E-state index in [1.807, 2.05) is 12.1 Å². The Bertz CT molecular complexity index is 632. The summed E-state index contributed by atoms with van der Waals surface area (Å²) in [6.07, 6.45) is 2.76. The molecule has 4 heteroatoms. The summed E-state index contributed by atoms with van der Waals surface area (Å²) in [6.45, 7) is 5.31. The first-order chi connectivity index (χ1) is 10.1. The largest absolute Gasteiger partial charge is 0.492 e. The molecule has 0 radical (unpaired) electrons. The van der Waals surface area contributed by atoms with E-state index in [1.54, 1.807) is 16.8 Å². The van der Waals surface area contributed by atoms with E-state index in [2.05, 4.69) is 26.0 Å². The SMILES string of the molecule is CCC(C)c1ccc(OCCn2cc(N)ccc2=O)cc1. The van der Waals surface area contributed by atoms with Crippen molar-refractivity contribution < 1.29 is 4.74 Å². The Labute approximate surface area is 125 Å². The zero-order valence-corrected chi connectivity index (χ0v) is 12.6. The van der Waals surface area contributed by atoms with Gasteiger partial charge in [0, 0.05) is 18.0 Å². The molecule has 0 amide bonds. The molecule has 1 heterocycles. The van der Waals surface area contributed by atoms with E-state index in [9.17, 15) is 4.79 Å². The lowest BCUT2D eigenvalue weighted by Crippen LogP contribution is -2.22. The number of pyridine rings is 1. The van der Waals surface area contributed by atoms with Crippen LogP contribution in [0, 0.1) is 0 Å². The number of ether oxygens (including phenoxy) is 1. The average Bonchev–Trinajstić information content (AvgIpc) is 2.50. The summed E-state index contributed by atoms with van der Waals surface area (Å²) < 4.78 is 7.23. The van der Waals surface area contributed by atoms with Crippen LogP contribution in [-0.4, -0.2) is 11.2 Å². The van der Waals surface area contributed by atoms with E-state index in [-0.39, 0.29) is 5.56 Å². The number of benzene rings is 1. The molecule has 0 saturated heterocycles. The lowest BCUT2D eigenvalue weighted by molar-refractivity contribution is 0.296. The summed E-state index contributed by atoms with van der Waals surface area (Å²) >= 11 is 0. The molecule has 0 saturated carbocycles. The van der Waals surface area contributed by atoms with Crippen LogP contribution in [-0.2, 0) is 6.54 Å². The topological polar surface area (TPSA) is 57.2 Å². The third-order valence-corrected chi connectivity index (χ3v) is 3.67. The molecule has 2 N–H and O–H groups in total. The molecule has 2 aromatic rings. The number of aromatic nitrogens is 1. The fourth-order valence-corrected chi connectivity index (χ4v) is 2.11. The van der Waals surface area contributed by atoms with Gasteiger partial charge in [-0.05, 0) is 36.1 Å². The van der Waals surface area contributed by atoms with Gasteiger partial charge in [0.25, 0.3) is 5.56 Å². The third-order valence-electron chi connectivity index (χ3n) is 3.67. The number of nitrogens with zero attached hydrogens (tertiary/aromatic N) is 1. The van der Waals surface area contributed by atoms with Crippen LogP contribution in [0.25, 0.3) is 0 Å². The van der Waals surface area contributed by atoms with Crippen molar-refractivity contribution in [1.29, 1.82) is 0 Å². The first-order valence-corrected chi connectivity index (χ1v) is 7.29. The van der Waals surface area contributed by atoms with Crippen molar-refractivity contribution in [2.45, 2.75) is 32.7 Å². The van der Waals surface area contributed by atoms with Crippen LogP contribution in [0.5, 0.6) is 5.75 Å². The summed E-state index contributed by atoms with van der Waals surface area (Å²) in [5.41, 5.74) is 7.49. The lowest BCUT2D eigenvalue weighted by Gasteiger charge is -2.11. The highest BCUT2D eigenvalue weighted by Crippen LogP contribution is 2.21. The van der Waals surface area contributed by atoms with Gasteiger partial charge in [-0.15, -0.1) is 0 Å². The Morgan fingerprint density at radius 2 is 1.90 bits per heavy atom. The smallest absolute Gasteiger partial charge is 0.250 e. The summed E-state index contributed by atoms with van der Waals surface area (Å²) in [5.74, 6) is 1.38. The maximum Gasteiger partial charge on any atom is 0.250 e. The van der Waals surface area contributed by atoms with Crippen molar-refractivity contribution in [3.8, 4) is 5.75 Å². The number of nitrogen functional groups attached to an aromatic ring is 1. The molecule has 4 nitrogen and oxygen atoms in total. The lowest BCUT2D eigenvalue weighted by atomic mass is 9.99. The van der Waals surface area contributed by atoms with Gasteiger partial charge in [0.1, 0.15) is 12.4 Å². The number of hydrogen-bond donors (Lipinski definition) is 1. The standard InChI is InChI=1S/C17H22N2O2/c1-3-13(2)14-4-7-16(8-5-14)21-11-10-19-12-15(18)6-9-17(19)20/h4-9,12-13H,3,10-11,18H2,1-2H3. The molecule has 0 fully saturated rings. The molecular formula is C17H22N2O2. The second kappa shape index (κ2) is 6.97. The van der Waals surface area contributed by atoms with Crippen molar-refractivity contribution in [1.82, 2.24) is 4.57 Å². The molecule has 1 aromatic heterocycles. The fraction of sp³-hybridized carbons (Fsp3) is 0.353. The summed E-state index contributed by atoms with van der Waals surface area (Å²) in [5, 5.41) is 0. The second-order valence-corrected chi connectivity index (χ2v) is 5.22. The van der Waals surface area contributed by atoms with Crippen LogP contribution in [0.4, 0.5) is 5.69 Å². The Hall–Kier alpha value is -2.23. The second-order valence-electron chi connectivity index (χ2n) is 5.22. The van der Waals surface area contributed by atoms with Gasteiger partial charge in [-0.2, -0.15) is 0 Å². The van der Waals surface area contributed by atoms with Gasteiger partial charge in [0.05, 0.1) is 6.54 Å². The molecular weight excluding hydrogens is 264 g/mol. The van der Waals surface area contributed by atoms with Gasteiger partial charge in [0.2, 0.25) is 0 Å². The molecule has 21 heavy (non-hydrogen) atoms. The number of rotatable bonds is 6. The quantitative estimate of drug-likeness (QED) is 0.888. The van der Waals surface area contributed by atoms with E-state index in [0.29, 0.717) is 24.8 Å². The molecule has 2 rings (SSSR count). The predicted octanol–water partition coefficient (Wildman–Crippen LogP) is 3.02. The normalized spacial score (nSPS) is 12.1. The van der Waals surface area contributed by atoms with E-state index < -0.39 is 0 Å². The highest BCUT2D eigenvalue weighted by molar-refractivity contribution is 5.33. The van der Waals surface area contributed by atoms with Crippen LogP contribution >= 0.6 is 0 Å². The maximum atomic E-state index is 11.6. The number of nitrogens with two attached hydrogens (primary N) is 1. The molecule has 0 spiro atoms. The molecule has 1 atom stereocenters. The first kappa shape index (κ1) is 15.2. The van der Waals surface area contributed by atoms with Crippen molar-refractivity contribution in [2.75, 3.05) is 12.3 Å². The zero-order chi connectivity index (χ0) is 15.2. The van der Waals surface area contributed by atoms with E-state index >= 15 is 0 Å². The van der Waals surface area contributed by atoms with Crippen molar-refractivity contribution >= 4 is 5.69 Å². The number of hydrogen-bond acceptors (Lipinski definition) is 3. The van der Waals surface area contributed by atoms with Crippen molar-refractivity contribution in [3.05, 3.63) is 58.5 Å². The molecule has 0 aliphatic heterocycles. The highest BCUT2D eigenvalue weighted by Gasteiger charge is 2.03. The van der Waals surface area contributed by atoms with Gasteiger partial charge < -0.3 is 15.0 Å². The van der Waals surface area contributed by atoms with Crippen molar-refractivity contribution in [2.24, 2.45) is 0 Å². The summed E-state index contributed by atoms with van der Waals surface area (Å²) in [7, 11) is 0. The van der Waals surface area contributed by atoms with Gasteiger partial charge in [0.15, 0.2) is 0 Å². The Kier molecular flexibility index (Phi) is 5.04. The van der Waals surface area contributed by atoms with Crippen LogP contribution in [0.15, 0.2) is 47.4 Å². The minimum atomic E-state index is -0.0695. The minimum Gasteiger partial charge on any atom is -0.492 e. The third kappa shape index (κ3) is 4.12. The molecule has 1 unspecified atom stereocenters. The van der Waals surface area contributed by atoms with Gasteiger partial charge in [-0.3, -0.25) is 4.79 Å². The fourth-order valence-electron chi connectivity index (χ4n) is 2.11. The average molecular weight is 286 g/mol. The molecule has 1 aromatic carbocycles. The van der Waals surface area contributed by atoms with Gasteiger partial charge in [-0.25, -0.2) is 0 Å². The first-order valence-electron chi connectivity index (χ1n) is 7.29. The molecule has 0 bridgehead atoms. The summed E-state index contributed by atoms with van der Waals surface area (Å²) in [6, 6.07) is 11.2. The Morgan fingerprint density at radius 3 is 2.57 bits per heavy atom. The van der Waals surface area contributed by atoms with Crippen molar-refractivity contribution in [3.63, 3.8) is 0 Å². The van der Waals surface area contributed by atoms with Crippen LogP contribution in [0.2, 0.25) is 0 Å². The maximum absolute atomic E-state index is 11.6. The number of anilines is 1. The van der Waals surface area contributed by atoms with Gasteiger partial charge >= 0.3 is 0 Å². The van der Waals surface area contributed by atoms with Crippen LogP contribution in [0.3, 0.4) is 0 Å². The Balaban J connectivity index is 1.91. The highest BCUT2D eigenvalue weighted by atomic mass is 16.5. The van der Waals surface area contributed by atoms with Crippen LogP contribution < -0.4 is 16.0 Å². The van der Waals surface area contributed by atoms with E-state index in [0.717, 1.165) is 12.2 Å². The van der Waals surface area contributed by atoms with E-state index in [1.165, 1.54) is 11.6 Å². The van der Waals surface area contributed by atoms with Crippen LogP contribution in [0.1, 0.15) is 31.7 Å². The predicted molar refractivity (Wildman–Crippen MR) is 85.8 cm³/mol. The monoisotopic (exact) mass is 286 g/mol. The van der Waals surface area contributed by atoms with E-state index in [4.69, 9.17) is 10.5 Å². The molecule has 0 aliphatic rings. The van der Waals surface area contributed by atoms with Gasteiger partial charge in [-0.1, -0.05) is 26.0 Å². The molecule has 112 valence electrons. The minimum absolute atomic E-state index is 0.0695. The zero-order valence-electron chi connectivity index (χ0n) is 12.6. The molecule has 0 aliphatic carbocycles. The summed E-state index contributed by atoms with van der Waals surface area (Å²) in [4.78, 5) is 11.6.